The van der Waals surface area contributed by atoms with E-state index in [4.69, 9.17) is 13.9 Å². The zero-order chi connectivity index (χ0) is 28.6. The summed E-state index contributed by atoms with van der Waals surface area (Å²) in [4.78, 5) is 0. The van der Waals surface area contributed by atoms with Crippen molar-refractivity contribution in [3.8, 4) is 17.0 Å². The number of hydrogen-bond acceptors (Lipinski definition) is 5. The molecule has 2 heterocycles. The molecule has 11 heteroatoms. The average molecular weight is 627 g/mol. The van der Waals surface area contributed by atoms with Crippen molar-refractivity contribution in [2.45, 2.75) is 88.8 Å². The summed E-state index contributed by atoms with van der Waals surface area (Å²) in [5.74, 6) is 0.0503. The van der Waals surface area contributed by atoms with E-state index in [1.54, 1.807) is 6.92 Å². The summed E-state index contributed by atoms with van der Waals surface area (Å²) in [6, 6.07) is 3.96. The number of alkyl halides is 3. The molecule has 39 heavy (non-hydrogen) atoms. The molecule has 0 amide bonds. The first-order valence-corrected chi connectivity index (χ1v) is 16.8. The van der Waals surface area contributed by atoms with E-state index in [0.717, 1.165) is 53.3 Å². The van der Waals surface area contributed by atoms with Gasteiger partial charge in [0, 0.05) is 28.7 Å². The molecular formula is C28H35BrF3N3O3Si. The Morgan fingerprint density at radius 3 is 2.38 bits per heavy atom. The summed E-state index contributed by atoms with van der Waals surface area (Å²) >= 11 is 3.71. The molecule has 6 rings (SSSR count). The zero-order valence-corrected chi connectivity index (χ0v) is 26.0. The molecule has 3 aliphatic rings. The second-order valence-electron chi connectivity index (χ2n) is 12.7. The van der Waals surface area contributed by atoms with Crippen LogP contribution in [0.25, 0.3) is 22.3 Å². The fourth-order valence-electron chi connectivity index (χ4n) is 6.02. The minimum Gasteiger partial charge on any atom is -0.467 e. The fourth-order valence-corrected chi connectivity index (χ4v) is 8.15. The van der Waals surface area contributed by atoms with Gasteiger partial charge in [-0.25, -0.2) is 0 Å². The van der Waals surface area contributed by atoms with Crippen LogP contribution in [-0.2, 0) is 20.9 Å². The SMILES string of the molecule is COCOc1cc(C(F)(F)F)cc(C)c1-c1cc2c(Br)cn(C34CCC(O[Si](C)(C)C(C)(C)C)(C3)C4)c2nn1. The van der Waals surface area contributed by atoms with E-state index in [2.05, 4.69) is 70.8 Å². The molecular weight excluding hydrogens is 591 g/mol. The van der Waals surface area contributed by atoms with Crippen molar-refractivity contribution in [2.75, 3.05) is 13.9 Å². The van der Waals surface area contributed by atoms with Crippen molar-refractivity contribution in [1.82, 2.24) is 14.8 Å². The highest BCUT2D eigenvalue weighted by atomic mass is 79.9. The van der Waals surface area contributed by atoms with E-state index in [9.17, 15) is 13.2 Å². The number of ether oxygens (including phenoxy) is 2. The van der Waals surface area contributed by atoms with Crippen molar-refractivity contribution < 1.29 is 27.1 Å². The molecule has 0 saturated heterocycles. The fraction of sp³-hybridized carbons (Fsp3) is 0.571. The normalized spacial score (nSPS) is 23.4. The Balaban J connectivity index is 1.50. The van der Waals surface area contributed by atoms with Crippen LogP contribution < -0.4 is 4.74 Å². The first-order chi connectivity index (χ1) is 18.0. The Morgan fingerprint density at radius 2 is 1.77 bits per heavy atom. The number of halogens is 4. The van der Waals surface area contributed by atoms with E-state index in [1.165, 1.54) is 7.11 Å². The van der Waals surface area contributed by atoms with Gasteiger partial charge in [0.15, 0.2) is 20.8 Å². The van der Waals surface area contributed by atoms with Crippen LogP contribution in [0.3, 0.4) is 0 Å². The molecule has 6 nitrogen and oxygen atoms in total. The van der Waals surface area contributed by atoms with Gasteiger partial charge < -0.3 is 18.5 Å². The minimum absolute atomic E-state index is 0.0503. The van der Waals surface area contributed by atoms with Crippen LogP contribution in [0.5, 0.6) is 5.75 Å². The summed E-state index contributed by atoms with van der Waals surface area (Å²) < 4.78 is 61.1. The lowest BCUT2D eigenvalue weighted by Gasteiger charge is -2.53. The molecule has 0 atom stereocenters. The maximum Gasteiger partial charge on any atom is 0.416 e. The summed E-state index contributed by atoms with van der Waals surface area (Å²) in [6.07, 6.45) is 1.48. The van der Waals surface area contributed by atoms with Crippen LogP contribution in [0, 0.1) is 6.92 Å². The Hall–Kier alpha value is -1.95. The number of methoxy groups -OCH3 is 1. The number of aromatic nitrogens is 3. The molecule has 212 valence electrons. The van der Waals surface area contributed by atoms with Crippen LogP contribution in [-0.4, -0.2) is 42.6 Å². The third-order valence-electron chi connectivity index (χ3n) is 8.85. The lowest BCUT2D eigenvalue weighted by molar-refractivity contribution is -0.137. The molecule has 3 aliphatic carbocycles. The Bertz CT molecular complexity index is 1430. The first kappa shape index (κ1) is 28.6. The summed E-state index contributed by atoms with van der Waals surface area (Å²) in [7, 11) is -0.488. The molecule has 0 aliphatic heterocycles. The largest absolute Gasteiger partial charge is 0.467 e. The molecule has 1 aromatic carbocycles. The van der Waals surface area contributed by atoms with Crippen molar-refractivity contribution in [3.63, 3.8) is 0 Å². The number of nitrogens with zero attached hydrogens (tertiary/aromatic N) is 3. The highest BCUT2D eigenvalue weighted by molar-refractivity contribution is 9.10. The van der Waals surface area contributed by atoms with Crippen LogP contribution in [0.15, 0.2) is 28.9 Å². The van der Waals surface area contributed by atoms with Crippen LogP contribution in [0.2, 0.25) is 18.1 Å². The molecule has 0 radical (unpaired) electrons. The van der Waals surface area contributed by atoms with E-state index in [-0.39, 0.29) is 28.7 Å². The van der Waals surface area contributed by atoms with E-state index in [0.29, 0.717) is 16.8 Å². The van der Waals surface area contributed by atoms with Crippen molar-refractivity contribution in [2.24, 2.45) is 0 Å². The van der Waals surface area contributed by atoms with Crippen molar-refractivity contribution in [3.05, 3.63) is 40.0 Å². The summed E-state index contributed by atoms with van der Waals surface area (Å²) in [5, 5.41) is 10.1. The van der Waals surface area contributed by atoms with Gasteiger partial charge >= 0.3 is 6.18 Å². The maximum absolute atomic E-state index is 13.5. The smallest absolute Gasteiger partial charge is 0.416 e. The Morgan fingerprint density at radius 1 is 1.08 bits per heavy atom. The molecule has 3 aromatic rings. The minimum atomic E-state index is -4.50. The van der Waals surface area contributed by atoms with E-state index in [1.807, 2.05) is 6.07 Å². The average Bonchev–Trinajstić information content (AvgIpc) is 3.45. The highest BCUT2D eigenvalue weighted by Crippen LogP contribution is 2.64. The van der Waals surface area contributed by atoms with Gasteiger partial charge in [0.25, 0.3) is 0 Å². The summed E-state index contributed by atoms with van der Waals surface area (Å²) in [6.45, 7) is 12.8. The van der Waals surface area contributed by atoms with Gasteiger partial charge in [-0.2, -0.15) is 13.2 Å². The molecule has 3 saturated carbocycles. The quantitative estimate of drug-likeness (QED) is 0.196. The van der Waals surface area contributed by atoms with Crippen LogP contribution >= 0.6 is 15.9 Å². The standard InChI is InChI=1S/C28H35BrF3N3O3Si/c1-17-10-18(28(30,31)32)11-22(37-16-36-5)23(17)21-12-19-20(29)13-35(24(19)34-33-21)26-8-9-27(14-26,15-26)38-39(6,7)25(2,3)4/h10-13H,8-9,14-16H2,1-7H3. The first-order valence-electron chi connectivity index (χ1n) is 13.1. The van der Waals surface area contributed by atoms with Crippen LogP contribution in [0.4, 0.5) is 13.2 Å². The second-order valence-corrected chi connectivity index (χ2v) is 18.2. The second kappa shape index (κ2) is 9.29. The number of benzene rings is 1. The molecule has 0 N–H and O–H groups in total. The number of rotatable bonds is 7. The zero-order valence-electron chi connectivity index (χ0n) is 23.4. The molecule has 3 fully saturated rings. The van der Waals surface area contributed by atoms with Gasteiger partial charge in [-0.3, -0.25) is 0 Å². The van der Waals surface area contributed by atoms with E-state index < -0.39 is 20.1 Å². The predicted molar refractivity (Wildman–Crippen MR) is 150 cm³/mol. The van der Waals surface area contributed by atoms with Gasteiger partial charge in [-0.05, 0) is 90.4 Å². The Kier molecular flexibility index (Phi) is 6.80. The number of aryl methyl sites for hydroxylation is 1. The third-order valence-corrected chi connectivity index (χ3v) is 14.0. The lowest BCUT2D eigenvalue weighted by atomic mass is 9.73. The predicted octanol–water partition coefficient (Wildman–Crippen LogP) is 8.21. The van der Waals surface area contributed by atoms with Gasteiger partial charge in [0.1, 0.15) is 5.75 Å². The van der Waals surface area contributed by atoms with Crippen molar-refractivity contribution in [1.29, 1.82) is 0 Å². The number of hydrogen-bond donors (Lipinski definition) is 0. The highest BCUT2D eigenvalue weighted by Gasteiger charge is 2.65. The third kappa shape index (κ3) is 4.83. The molecule has 0 spiro atoms. The Labute approximate surface area is 236 Å². The summed E-state index contributed by atoms with van der Waals surface area (Å²) in [5.41, 5.74) is 1.10. The lowest BCUT2D eigenvalue weighted by Crippen LogP contribution is -2.57. The topological polar surface area (TPSA) is 58.4 Å². The maximum atomic E-state index is 13.5. The molecule has 2 bridgehead atoms. The van der Waals surface area contributed by atoms with Crippen LogP contribution in [0.1, 0.15) is 57.6 Å². The monoisotopic (exact) mass is 625 g/mol. The van der Waals surface area contributed by atoms with Crippen molar-refractivity contribution >= 4 is 35.3 Å². The van der Waals surface area contributed by atoms with Gasteiger partial charge in [0.2, 0.25) is 0 Å². The number of fused-ring (bicyclic) bond motifs is 2. The molecule has 0 unspecified atom stereocenters. The van der Waals surface area contributed by atoms with Gasteiger partial charge in [-0.1, -0.05) is 20.8 Å². The van der Waals surface area contributed by atoms with E-state index >= 15 is 0 Å². The van der Waals surface area contributed by atoms with Gasteiger partial charge in [0.05, 0.1) is 22.4 Å². The molecule has 2 aromatic heterocycles. The van der Waals surface area contributed by atoms with Gasteiger partial charge in [-0.15, -0.1) is 10.2 Å².